The first-order valence-electron chi connectivity index (χ1n) is 7.78. The minimum atomic E-state index is -4.49. The van der Waals surface area contributed by atoms with Crippen molar-refractivity contribution in [2.24, 2.45) is 0 Å². The Morgan fingerprint density at radius 1 is 1.48 bits per heavy atom. The standard InChI is InChI=1S/C16H19ClF3NO4/c1-10(24-8-12-3-2-6-23-12)15(22)21-13-7-11(17)4-5-14(13)25-9-16(18,19)20/h4-5,7,10,12H,2-3,6,8-9H2,1H3,(H,21,22). The second kappa shape index (κ2) is 8.73. The van der Waals surface area contributed by atoms with Crippen molar-refractivity contribution in [2.75, 3.05) is 25.1 Å². The van der Waals surface area contributed by atoms with Gasteiger partial charge in [0.2, 0.25) is 0 Å². The zero-order valence-electron chi connectivity index (χ0n) is 13.6. The van der Waals surface area contributed by atoms with E-state index in [4.69, 9.17) is 25.8 Å². The van der Waals surface area contributed by atoms with Gasteiger partial charge in [-0.1, -0.05) is 11.6 Å². The number of rotatable bonds is 7. The number of hydrogen-bond acceptors (Lipinski definition) is 4. The van der Waals surface area contributed by atoms with Crippen molar-refractivity contribution in [2.45, 2.75) is 38.1 Å². The number of carbonyl (C=O) groups is 1. The van der Waals surface area contributed by atoms with E-state index in [-0.39, 0.29) is 29.2 Å². The van der Waals surface area contributed by atoms with Crippen LogP contribution in [0.2, 0.25) is 5.02 Å². The molecular formula is C16H19ClF3NO4. The van der Waals surface area contributed by atoms with E-state index in [0.29, 0.717) is 6.61 Å². The summed E-state index contributed by atoms with van der Waals surface area (Å²) in [5, 5.41) is 2.73. The van der Waals surface area contributed by atoms with Crippen LogP contribution < -0.4 is 10.1 Å². The fourth-order valence-electron chi connectivity index (χ4n) is 2.22. The van der Waals surface area contributed by atoms with Gasteiger partial charge in [-0.15, -0.1) is 0 Å². The lowest BCUT2D eigenvalue weighted by Crippen LogP contribution is -2.30. The number of carbonyl (C=O) groups excluding carboxylic acids is 1. The maximum absolute atomic E-state index is 12.3. The molecule has 2 unspecified atom stereocenters. The predicted molar refractivity (Wildman–Crippen MR) is 86.0 cm³/mol. The van der Waals surface area contributed by atoms with E-state index in [1.54, 1.807) is 6.92 Å². The first-order valence-corrected chi connectivity index (χ1v) is 8.15. The van der Waals surface area contributed by atoms with Crippen molar-refractivity contribution in [1.29, 1.82) is 0 Å². The lowest BCUT2D eigenvalue weighted by molar-refractivity contribution is -0.153. The third-order valence-corrected chi connectivity index (χ3v) is 3.75. The fourth-order valence-corrected chi connectivity index (χ4v) is 2.39. The smallest absolute Gasteiger partial charge is 0.422 e. The van der Waals surface area contributed by atoms with Gasteiger partial charge in [-0.05, 0) is 38.0 Å². The molecule has 1 aliphatic rings. The van der Waals surface area contributed by atoms with E-state index in [9.17, 15) is 18.0 Å². The van der Waals surface area contributed by atoms with Crippen LogP contribution >= 0.6 is 11.6 Å². The molecule has 2 rings (SSSR count). The average Bonchev–Trinajstić information content (AvgIpc) is 3.04. The zero-order chi connectivity index (χ0) is 18.4. The maximum Gasteiger partial charge on any atom is 0.422 e. The molecule has 1 aliphatic heterocycles. The maximum atomic E-state index is 12.3. The Hall–Kier alpha value is -1.51. The Kier molecular flexibility index (Phi) is 6.92. The highest BCUT2D eigenvalue weighted by molar-refractivity contribution is 6.31. The number of amides is 1. The van der Waals surface area contributed by atoms with Crippen LogP contribution in [0.5, 0.6) is 5.75 Å². The molecular weight excluding hydrogens is 363 g/mol. The molecule has 0 saturated carbocycles. The molecule has 2 atom stereocenters. The summed E-state index contributed by atoms with van der Waals surface area (Å²) in [4.78, 5) is 12.2. The summed E-state index contributed by atoms with van der Waals surface area (Å²) >= 11 is 5.84. The molecule has 140 valence electrons. The highest BCUT2D eigenvalue weighted by Crippen LogP contribution is 2.30. The number of anilines is 1. The number of benzene rings is 1. The Morgan fingerprint density at radius 2 is 2.24 bits per heavy atom. The minimum Gasteiger partial charge on any atom is -0.482 e. The van der Waals surface area contributed by atoms with Crippen molar-refractivity contribution >= 4 is 23.2 Å². The molecule has 5 nitrogen and oxygen atoms in total. The SMILES string of the molecule is CC(OCC1CCCO1)C(=O)Nc1cc(Cl)ccc1OCC(F)(F)F. The van der Waals surface area contributed by atoms with Gasteiger partial charge < -0.3 is 19.5 Å². The van der Waals surface area contributed by atoms with Crippen LogP contribution in [0.4, 0.5) is 18.9 Å². The molecule has 1 N–H and O–H groups in total. The molecule has 9 heteroatoms. The van der Waals surface area contributed by atoms with Crippen molar-refractivity contribution < 1.29 is 32.2 Å². The van der Waals surface area contributed by atoms with E-state index in [1.165, 1.54) is 18.2 Å². The summed E-state index contributed by atoms with van der Waals surface area (Å²) in [5.74, 6) is -0.640. The van der Waals surface area contributed by atoms with E-state index >= 15 is 0 Å². The molecule has 0 spiro atoms. The highest BCUT2D eigenvalue weighted by Gasteiger charge is 2.29. The van der Waals surface area contributed by atoms with Gasteiger partial charge in [0.1, 0.15) is 11.9 Å². The van der Waals surface area contributed by atoms with Gasteiger partial charge in [0.05, 0.1) is 18.4 Å². The van der Waals surface area contributed by atoms with Crippen LogP contribution in [0, 0.1) is 0 Å². The van der Waals surface area contributed by atoms with Crippen LogP contribution in [0.15, 0.2) is 18.2 Å². The van der Waals surface area contributed by atoms with Gasteiger partial charge in [-0.2, -0.15) is 13.2 Å². The molecule has 0 bridgehead atoms. The Bertz CT molecular complexity index is 591. The topological polar surface area (TPSA) is 56.8 Å². The van der Waals surface area contributed by atoms with E-state index in [0.717, 1.165) is 12.8 Å². The lowest BCUT2D eigenvalue weighted by atomic mass is 10.2. The zero-order valence-corrected chi connectivity index (χ0v) is 14.3. The molecule has 0 aliphatic carbocycles. The van der Waals surface area contributed by atoms with Crippen LogP contribution in [0.3, 0.4) is 0 Å². The van der Waals surface area contributed by atoms with E-state index < -0.39 is 24.8 Å². The second-order valence-corrected chi connectivity index (χ2v) is 6.08. The van der Waals surface area contributed by atoms with E-state index in [2.05, 4.69) is 5.32 Å². The summed E-state index contributed by atoms with van der Waals surface area (Å²) in [5.41, 5.74) is 0.0503. The van der Waals surface area contributed by atoms with Crippen molar-refractivity contribution in [3.63, 3.8) is 0 Å². The molecule has 1 saturated heterocycles. The number of alkyl halides is 3. The Morgan fingerprint density at radius 3 is 2.88 bits per heavy atom. The third kappa shape index (κ3) is 6.72. The summed E-state index contributed by atoms with van der Waals surface area (Å²) < 4.78 is 52.5. The quantitative estimate of drug-likeness (QED) is 0.780. The van der Waals surface area contributed by atoms with Crippen molar-refractivity contribution in [3.05, 3.63) is 23.2 Å². The average molecular weight is 382 g/mol. The van der Waals surface area contributed by atoms with Gasteiger partial charge in [-0.25, -0.2) is 0 Å². The van der Waals surface area contributed by atoms with Gasteiger partial charge in [0.25, 0.3) is 5.91 Å². The second-order valence-electron chi connectivity index (χ2n) is 5.64. The fraction of sp³-hybridized carbons (Fsp3) is 0.562. The molecule has 1 fully saturated rings. The van der Waals surface area contributed by atoms with Crippen molar-refractivity contribution in [3.8, 4) is 5.75 Å². The monoisotopic (exact) mass is 381 g/mol. The predicted octanol–water partition coefficient (Wildman–Crippen LogP) is 3.80. The number of halogens is 4. The van der Waals surface area contributed by atoms with Gasteiger partial charge in [0, 0.05) is 11.6 Å². The van der Waals surface area contributed by atoms with Crippen LogP contribution in [0.1, 0.15) is 19.8 Å². The normalized spacial score (nSPS) is 18.8. The largest absolute Gasteiger partial charge is 0.482 e. The molecule has 0 aromatic heterocycles. The van der Waals surface area contributed by atoms with Crippen LogP contribution in [0.25, 0.3) is 0 Å². The van der Waals surface area contributed by atoms with Crippen LogP contribution in [-0.2, 0) is 14.3 Å². The molecule has 25 heavy (non-hydrogen) atoms. The number of nitrogens with one attached hydrogen (secondary N) is 1. The summed E-state index contributed by atoms with van der Waals surface area (Å²) in [6.07, 6.45) is -3.50. The molecule has 0 radical (unpaired) electrons. The van der Waals surface area contributed by atoms with E-state index in [1.807, 2.05) is 0 Å². The minimum absolute atomic E-state index is 0.0351. The summed E-state index contributed by atoms with van der Waals surface area (Å²) in [7, 11) is 0. The number of hydrogen-bond donors (Lipinski definition) is 1. The molecule has 1 amide bonds. The summed E-state index contributed by atoms with van der Waals surface area (Å²) in [6.45, 7) is 1.03. The highest BCUT2D eigenvalue weighted by atomic mass is 35.5. The van der Waals surface area contributed by atoms with Gasteiger partial charge in [-0.3, -0.25) is 4.79 Å². The van der Waals surface area contributed by atoms with Crippen molar-refractivity contribution in [1.82, 2.24) is 0 Å². The molecule has 1 aromatic carbocycles. The summed E-state index contributed by atoms with van der Waals surface area (Å²) in [6, 6.07) is 3.96. The Labute approximate surface area is 148 Å². The first-order chi connectivity index (χ1) is 11.7. The van der Waals surface area contributed by atoms with Crippen LogP contribution in [-0.4, -0.2) is 44.1 Å². The Balaban J connectivity index is 1.94. The lowest BCUT2D eigenvalue weighted by Gasteiger charge is -2.18. The first kappa shape index (κ1) is 19.8. The molecule has 1 aromatic rings. The van der Waals surface area contributed by atoms with Gasteiger partial charge in [0.15, 0.2) is 6.61 Å². The third-order valence-electron chi connectivity index (χ3n) is 3.52. The number of ether oxygens (including phenoxy) is 3. The van der Waals surface area contributed by atoms with Gasteiger partial charge >= 0.3 is 6.18 Å². The molecule has 1 heterocycles.